The molecule has 8 nitrogen and oxygen atoms in total. The van der Waals surface area contributed by atoms with E-state index in [-0.39, 0.29) is 17.9 Å². The summed E-state index contributed by atoms with van der Waals surface area (Å²) in [5.74, 6) is 0.142. The molecule has 0 saturated carbocycles. The normalized spacial score (nSPS) is 10.9. The third kappa shape index (κ3) is 6.59. The van der Waals surface area contributed by atoms with Crippen molar-refractivity contribution < 1.29 is 19.2 Å². The topological polar surface area (TPSA) is 114 Å². The van der Waals surface area contributed by atoms with Crippen LogP contribution in [0.5, 0.6) is 11.5 Å². The number of carbonyl (C=O) groups excluding carboxylic acids is 1. The molecule has 3 rings (SSSR count). The molecule has 0 bridgehead atoms. The lowest BCUT2D eigenvalue weighted by Crippen LogP contribution is -2.14. The highest BCUT2D eigenvalue weighted by atomic mass is 79.9. The Morgan fingerprint density at radius 3 is 2.69 bits per heavy atom. The Hall–Kier alpha value is -3.87. The fourth-order valence-electron chi connectivity index (χ4n) is 3.08. The number of halogens is 2. The lowest BCUT2D eigenvalue weighted by Gasteiger charge is -2.13. The molecule has 0 aliphatic carbocycles. The fourth-order valence-corrected chi connectivity index (χ4v) is 3.69. The van der Waals surface area contributed by atoms with Crippen molar-refractivity contribution in [3.63, 3.8) is 0 Å². The van der Waals surface area contributed by atoms with Gasteiger partial charge in [0.15, 0.2) is 11.5 Å². The number of nitrogens with zero attached hydrogens (tertiary/aromatic N) is 2. The summed E-state index contributed by atoms with van der Waals surface area (Å²) in [6, 6.07) is 16.4. The summed E-state index contributed by atoms with van der Waals surface area (Å²) in [6.45, 7) is 1.89. The monoisotopic (exact) mass is 555 g/mol. The zero-order valence-electron chi connectivity index (χ0n) is 18.7. The van der Waals surface area contributed by atoms with Gasteiger partial charge in [0.25, 0.3) is 11.6 Å². The van der Waals surface area contributed by atoms with Gasteiger partial charge in [0, 0.05) is 27.3 Å². The van der Waals surface area contributed by atoms with Gasteiger partial charge in [-0.3, -0.25) is 14.9 Å². The highest BCUT2D eigenvalue weighted by Crippen LogP contribution is 2.35. The molecule has 0 unspecified atom stereocenters. The Balaban J connectivity index is 1.83. The van der Waals surface area contributed by atoms with Crippen LogP contribution in [0, 0.1) is 28.4 Å². The number of nitro benzene ring substituents is 1. The maximum atomic E-state index is 12.7. The number of methoxy groups -OCH3 is 1. The Kier molecular flexibility index (Phi) is 8.47. The van der Waals surface area contributed by atoms with Gasteiger partial charge in [0.2, 0.25) is 0 Å². The maximum absolute atomic E-state index is 12.7. The van der Waals surface area contributed by atoms with E-state index in [4.69, 9.17) is 21.1 Å². The molecule has 0 saturated heterocycles. The average molecular weight is 557 g/mol. The van der Waals surface area contributed by atoms with Gasteiger partial charge >= 0.3 is 0 Å². The molecule has 0 spiro atoms. The number of rotatable bonds is 8. The molecule has 0 atom stereocenters. The van der Waals surface area contributed by atoms with Crippen LogP contribution < -0.4 is 14.8 Å². The molecule has 35 heavy (non-hydrogen) atoms. The molecule has 178 valence electrons. The number of nitro groups is 1. The molecule has 0 aliphatic rings. The highest BCUT2D eigenvalue weighted by Gasteiger charge is 2.15. The third-order valence-corrected chi connectivity index (χ3v) is 5.83. The Morgan fingerprint density at radius 2 is 2.00 bits per heavy atom. The molecular formula is C25H19BrClN3O5. The van der Waals surface area contributed by atoms with Crippen LogP contribution in [0.4, 0.5) is 11.4 Å². The predicted octanol–water partition coefficient (Wildman–Crippen LogP) is 6.45. The van der Waals surface area contributed by atoms with Crippen molar-refractivity contribution in [1.29, 1.82) is 5.26 Å². The van der Waals surface area contributed by atoms with E-state index in [1.807, 2.05) is 13.0 Å². The summed E-state index contributed by atoms with van der Waals surface area (Å²) in [4.78, 5) is 23.2. The first-order valence-corrected chi connectivity index (χ1v) is 11.3. The van der Waals surface area contributed by atoms with Crippen molar-refractivity contribution in [3.05, 3.63) is 96.5 Å². The van der Waals surface area contributed by atoms with Gasteiger partial charge in [0.05, 0.1) is 12.0 Å². The van der Waals surface area contributed by atoms with Crippen molar-refractivity contribution in [1.82, 2.24) is 0 Å². The summed E-state index contributed by atoms with van der Waals surface area (Å²) in [6.07, 6.45) is 1.42. The number of carbonyl (C=O) groups is 1. The minimum absolute atomic E-state index is 0.0324. The van der Waals surface area contributed by atoms with E-state index >= 15 is 0 Å². The second-order valence-electron chi connectivity index (χ2n) is 7.32. The van der Waals surface area contributed by atoms with E-state index in [9.17, 15) is 20.2 Å². The van der Waals surface area contributed by atoms with E-state index in [0.29, 0.717) is 37.8 Å². The van der Waals surface area contributed by atoms with Gasteiger partial charge in [-0.1, -0.05) is 45.7 Å². The maximum Gasteiger partial charge on any atom is 0.269 e. The molecule has 3 aromatic rings. The quantitative estimate of drug-likeness (QED) is 0.148. The number of nitrogens with one attached hydrogen (secondary N) is 1. The van der Waals surface area contributed by atoms with Crippen LogP contribution in [0.3, 0.4) is 0 Å². The third-order valence-electron chi connectivity index (χ3n) is 4.91. The van der Waals surface area contributed by atoms with Crippen molar-refractivity contribution in [3.8, 4) is 17.6 Å². The second-order valence-corrected chi connectivity index (χ2v) is 8.61. The van der Waals surface area contributed by atoms with Gasteiger partial charge in [-0.15, -0.1) is 0 Å². The van der Waals surface area contributed by atoms with Crippen LogP contribution in [0.15, 0.2) is 64.6 Å². The Morgan fingerprint density at radius 1 is 1.23 bits per heavy atom. The SMILES string of the molecule is COc1cc(/C=C(\C#N)C(=O)Nc2cc(Cl)ccc2C)c(Br)cc1OCc1cccc([N+](=O)[O-])c1. The molecule has 0 aromatic heterocycles. The highest BCUT2D eigenvalue weighted by molar-refractivity contribution is 9.10. The number of hydrogen-bond acceptors (Lipinski definition) is 6. The summed E-state index contributed by atoms with van der Waals surface area (Å²) in [7, 11) is 1.46. The number of amides is 1. The zero-order valence-corrected chi connectivity index (χ0v) is 21.0. The largest absolute Gasteiger partial charge is 0.493 e. The van der Waals surface area contributed by atoms with E-state index in [0.717, 1.165) is 5.56 Å². The van der Waals surface area contributed by atoms with Crippen LogP contribution >= 0.6 is 27.5 Å². The summed E-state index contributed by atoms with van der Waals surface area (Å²) in [5, 5.41) is 23.7. The van der Waals surface area contributed by atoms with Gasteiger partial charge in [-0.25, -0.2) is 0 Å². The van der Waals surface area contributed by atoms with Crippen LogP contribution in [0.1, 0.15) is 16.7 Å². The summed E-state index contributed by atoms with van der Waals surface area (Å²) >= 11 is 9.44. The molecule has 0 fully saturated rings. The standard InChI is InChI=1S/C25H19BrClN3O5/c1-15-6-7-19(27)11-22(15)29-25(31)18(13-28)9-17-10-23(34-2)24(12-21(17)26)35-14-16-4-3-5-20(8-16)30(32)33/h3-12H,14H2,1-2H3,(H,29,31)/b18-9+. The number of benzene rings is 3. The van der Waals surface area contributed by atoms with E-state index in [1.165, 1.54) is 25.3 Å². The second kappa shape index (κ2) is 11.5. The first-order valence-electron chi connectivity index (χ1n) is 10.1. The molecule has 0 heterocycles. The number of anilines is 1. The summed E-state index contributed by atoms with van der Waals surface area (Å²) in [5.41, 5.74) is 2.27. The number of nitriles is 1. The molecule has 10 heteroatoms. The molecule has 1 amide bonds. The molecule has 3 aromatic carbocycles. The van der Waals surface area contributed by atoms with E-state index < -0.39 is 10.8 Å². The fraction of sp³-hybridized carbons (Fsp3) is 0.120. The van der Waals surface area contributed by atoms with Crippen molar-refractivity contribution in [2.24, 2.45) is 0 Å². The molecule has 0 aliphatic heterocycles. The number of ether oxygens (including phenoxy) is 2. The van der Waals surface area contributed by atoms with Gasteiger partial charge < -0.3 is 14.8 Å². The Labute approximate surface area is 215 Å². The average Bonchev–Trinajstić information content (AvgIpc) is 2.84. The van der Waals surface area contributed by atoms with Crippen LogP contribution in [-0.4, -0.2) is 17.9 Å². The zero-order chi connectivity index (χ0) is 25.5. The number of aryl methyl sites for hydroxylation is 1. The number of hydrogen-bond donors (Lipinski definition) is 1. The predicted molar refractivity (Wildman–Crippen MR) is 137 cm³/mol. The Bertz CT molecular complexity index is 1370. The smallest absolute Gasteiger partial charge is 0.269 e. The molecule has 1 N–H and O–H groups in total. The molecular weight excluding hydrogens is 538 g/mol. The van der Waals surface area contributed by atoms with Crippen LogP contribution in [-0.2, 0) is 11.4 Å². The van der Waals surface area contributed by atoms with Crippen molar-refractivity contribution in [2.45, 2.75) is 13.5 Å². The minimum Gasteiger partial charge on any atom is -0.493 e. The van der Waals surface area contributed by atoms with Gasteiger partial charge in [0.1, 0.15) is 18.2 Å². The first-order chi connectivity index (χ1) is 16.7. The minimum atomic E-state index is -0.588. The van der Waals surface area contributed by atoms with Crippen LogP contribution in [0.25, 0.3) is 6.08 Å². The van der Waals surface area contributed by atoms with Crippen molar-refractivity contribution in [2.75, 3.05) is 12.4 Å². The van der Waals surface area contributed by atoms with Crippen LogP contribution in [0.2, 0.25) is 5.02 Å². The van der Waals surface area contributed by atoms with Gasteiger partial charge in [-0.05, 0) is 54.0 Å². The lowest BCUT2D eigenvalue weighted by molar-refractivity contribution is -0.384. The molecule has 0 radical (unpaired) electrons. The number of non-ortho nitro benzene ring substituents is 1. The van der Waals surface area contributed by atoms with E-state index in [1.54, 1.807) is 42.5 Å². The summed E-state index contributed by atoms with van der Waals surface area (Å²) < 4.78 is 11.8. The van der Waals surface area contributed by atoms with Crippen molar-refractivity contribution >= 4 is 50.9 Å². The lowest BCUT2D eigenvalue weighted by atomic mass is 10.1. The first kappa shape index (κ1) is 25.7. The van der Waals surface area contributed by atoms with Gasteiger partial charge in [-0.2, -0.15) is 5.26 Å². The van der Waals surface area contributed by atoms with E-state index in [2.05, 4.69) is 21.2 Å².